The minimum Gasteiger partial charge on any atom is -0.398 e. The molecule has 20 heavy (non-hydrogen) atoms. The van der Waals surface area contributed by atoms with Crippen molar-refractivity contribution in [1.29, 1.82) is 0 Å². The molecule has 2 N–H and O–H groups in total. The lowest BCUT2D eigenvalue weighted by Gasteiger charge is -2.34. The Balaban J connectivity index is 1.76. The van der Waals surface area contributed by atoms with Crippen LogP contribution in [0.25, 0.3) is 0 Å². The van der Waals surface area contributed by atoms with Gasteiger partial charge in [-0.25, -0.2) is 8.42 Å². The van der Waals surface area contributed by atoms with Gasteiger partial charge in [-0.1, -0.05) is 0 Å². The molecule has 1 aliphatic heterocycles. The largest absolute Gasteiger partial charge is 0.398 e. The lowest BCUT2D eigenvalue weighted by molar-refractivity contribution is 0.180. The number of anilines is 1. The first-order valence-electron chi connectivity index (χ1n) is 6.78. The van der Waals surface area contributed by atoms with Crippen molar-refractivity contribution in [3.05, 3.63) is 22.7 Å². The first kappa shape index (κ1) is 14.3. The summed E-state index contributed by atoms with van der Waals surface area (Å²) in [6.45, 7) is 2.79. The highest BCUT2D eigenvalue weighted by Crippen LogP contribution is 2.29. The lowest BCUT2D eigenvalue weighted by Crippen LogP contribution is -2.49. The number of hydrogen-bond donors (Lipinski definition) is 1. The molecule has 0 atom stereocenters. The summed E-state index contributed by atoms with van der Waals surface area (Å²) in [6, 6.07) is 5.50. The Morgan fingerprint density at radius 3 is 2.35 bits per heavy atom. The van der Waals surface area contributed by atoms with Crippen molar-refractivity contribution in [2.45, 2.75) is 23.8 Å². The average Bonchev–Trinajstić information content (AvgIpc) is 3.26. The Morgan fingerprint density at radius 2 is 1.80 bits per heavy atom. The van der Waals surface area contributed by atoms with Crippen molar-refractivity contribution in [3.63, 3.8) is 0 Å². The van der Waals surface area contributed by atoms with Crippen LogP contribution in [0.2, 0.25) is 0 Å². The van der Waals surface area contributed by atoms with E-state index in [9.17, 15) is 8.42 Å². The summed E-state index contributed by atoms with van der Waals surface area (Å²) in [4.78, 5) is 2.67. The monoisotopic (exact) mass is 359 g/mol. The summed E-state index contributed by atoms with van der Waals surface area (Å²) < 4.78 is 27.4. The highest BCUT2D eigenvalue weighted by molar-refractivity contribution is 9.10. The number of benzene rings is 1. The molecule has 110 valence electrons. The first-order valence-corrected chi connectivity index (χ1v) is 9.01. The van der Waals surface area contributed by atoms with Gasteiger partial charge in [0.2, 0.25) is 10.0 Å². The van der Waals surface area contributed by atoms with Crippen molar-refractivity contribution < 1.29 is 8.42 Å². The number of nitrogen functional groups attached to an aromatic ring is 1. The van der Waals surface area contributed by atoms with Crippen LogP contribution in [0, 0.1) is 0 Å². The standard InChI is InChI=1S/C13H18BrN3O2S/c14-12-4-3-11(9-13(12)15)20(18,19)17-7-5-16(6-8-17)10-1-2-10/h3-4,9-10H,1-2,5-8,15H2. The van der Waals surface area contributed by atoms with Crippen molar-refractivity contribution in [2.75, 3.05) is 31.9 Å². The summed E-state index contributed by atoms with van der Waals surface area (Å²) in [7, 11) is -3.42. The number of nitrogens with zero attached hydrogens (tertiary/aromatic N) is 2. The molecule has 3 rings (SSSR count). The topological polar surface area (TPSA) is 66.6 Å². The van der Waals surface area contributed by atoms with E-state index in [1.807, 2.05) is 0 Å². The zero-order chi connectivity index (χ0) is 14.3. The SMILES string of the molecule is Nc1cc(S(=O)(=O)N2CCN(C3CC3)CC2)ccc1Br. The summed E-state index contributed by atoms with van der Waals surface area (Å²) in [5.74, 6) is 0. The summed E-state index contributed by atoms with van der Waals surface area (Å²) in [5.41, 5.74) is 6.23. The number of rotatable bonds is 3. The van der Waals surface area contributed by atoms with Crippen LogP contribution in [-0.4, -0.2) is 49.8 Å². The van der Waals surface area contributed by atoms with E-state index in [-0.39, 0.29) is 4.90 Å². The molecule has 0 bridgehead atoms. The normalized spacial score (nSPS) is 22.1. The number of hydrogen-bond acceptors (Lipinski definition) is 4. The van der Waals surface area contributed by atoms with Gasteiger partial charge in [0.15, 0.2) is 0 Å². The van der Waals surface area contributed by atoms with E-state index in [1.54, 1.807) is 16.4 Å². The predicted octanol–water partition coefficient (Wildman–Crippen LogP) is 1.50. The minimum atomic E-state index is -3.42. The van der Waals surface area contributed by atoms with E-state index in [1.165, 1.54) is 18.9 Å². The molecule has 1 aromatic rings. The zero-order valence-electron chi connectivity index (χ0n) is 11.1. The van der Waals surface area contributed by atoms with Crippen LogP contribution in [-0.2, 0) is 10.0 Å². The van der Waals surface area contributed by atoms with Gasteiger partial charge in [0, 0.05) is 42.4 Å². The van der Waals surface area contributed by atoms with Crippen LogP contribution < -0.4 is 5.73 Å². The smallest absolute Gasteiger partial charge is 0.243 e. The fourth-order valence-corrected chi connectivity index (χ4v) is 4.28. The maximum absolute atomic E-state index is 12.6. The maximum atomic E-state index is 12.6. The van der Waals surface area contributed by atoms with Crippen molar-refractivity contribution >= 4 is 31.6 Å². The van der Waals surface area contributed by atoms with Gasteiger partial charge in [0.25, 0.3) is 0 Å². The van der Waals surface area contributed by atoms with Crippen LogP contribution in [0.5, 0.6) is 0 Å². The van der Waals surface area contributed by atoms with E-state index in [2.05, 4.69) is 20.8 Å². The molecule has 0 amide bonds. The van der Waals surface area contributed by atoms with Gasteiger partial charge in [0.05, 0.1) is 4.90 Å². The molecule has 1 saturated carbocycles. The van der Waals surface area contributed by atoms with E-state index in [4.69, 9.17) is 5.73 Å². The molecule has 1 heterocycles. The van der Waals surface area contributed by atoms with Gasteiger partial charge < -0.3 is 5.73 Å². The van der Waals surface area contributed by atoms with Crippen LogP contribution in [0.15, 0.2) is 27.6 Å². The summed E-state index contributed by atoms with van der Waals surface area (Å²) >= 11 is 3.28. The van der Waals surface area contributed by atoms with Gasteiger partial charge >= 0.3 is 0 Å². The van der Waals surface area contributed by atoms with E-state index in [0.29, 0.717) is 24.8 Å². The Bertz CT molecular complexity index is 608. The predicted molar refractivity (Wildman–Crippen MR) is 81.9 cm³/mol. The molecule has 1 aliphatic carbocycles. The molecular formula is C13H18BrN3O2S. The molecule has 0 aromatic heterocycles. The molecule has 0 unspecified atom stereocenters. The van der Waals surface area contributed by atoms with Crippen molar-refractivity contribution in [1.82, 2.24) is 9.21 Å². The number of sulfonamides is 1. The van der Waals surface area contributed by atoms with Crippen LogP contribution in [0.4, 0.5) is 5.69 Å². The van der Waals surface area contributed by atoms with E-state index in [0.717, 1.165) is 17.6 Å². The molecule has 7 heteroatoms. The highest BCUT2D eigenvalue weighted by atomic mass is 79.9. The highest BCUT2D eigenvalue weighted by Gasteiger charge is 2.34. The van der Waals surface area contributed by atoms with Crippen molar-refractivity contribution in [2.24, 2.45) is 0 Å². The quantitative estimate of drug-likeness (QED) is 0.830. The van der Waals surface area contributed by atoms with Crippen molar-refractivity contribution in [3.8, 4) is 0 Å². The molecule has 0 spiro atoms. The third-order valence-corrected chi connectivity index (χ3v) is 6.56. The van der Waals surface area contributed by atoms with Gasteiger partial charge in [-0.3, -0.25) is 4.90 Å². The third-order valence-electron chi connectivity index (χ3n) is 3.94. The van der Waals surface area contributed by atoms with Gasteiger partial charge in [-0.05, 0) is 47.0 Å². The second-order valence-corrected chi connectivity index (χ2v) is 8.15. The average molecular weight is 360 g/mol. The molecule has 1 aromatic carbocycles. The number of nitrogens with two attached hydrogens (primary N) is 1. The molecular weight excluding hydrogens is 342 g/mol. The second kappa shape index (κ2) is 5.29. The fraction of sp³-hybridized carbons (Fsp3) is 0.538. The van der Waals surface area contributed by atoms with E-state index < -0.39 is 10.0 Å². The van der Waals surface area contributed by atoms with Crippen LogP contribution >= 0.6 is 15.9 Å². The summed E-state index contributed by atoms with van der Waals surface area (Å²) in [6.07, 6.45) is 2.52. The minimum absolute atomic E-state index is 0.276. The van der Waals surface area contributed by atoms with Gasteiger partial charge in [-0.2, -0.15) is 4.31 Å². The third kappa shape index (κ3) is 2.72. The van der Waals surface area contributed by atoms with Gasteiger partial charge in [0.1, 0.15) is 0 Å². The Hall–Kier alpha value is -0.630. The Labute approximate surface area is 127 Å². The van der Waals surface area contributed by atoms with E-state index >= 15 is 0 Å². The molecule has 5 nitrogen and oxygen atoms in total. The molecule has 0 radical (unpaired) electrons. The fourth-order valence-electron chi connectivity index (χ4n) is 2.58. The Kier molecular flexibility index (Phi) is 3.79. The summed E-state index contributed by atoms with van der Waals surface area (Å²) in [5, 5.41) is 0. The molecule has 2 aliphatic rings. The zero-order valence-corrected chi connectivity index (χ0v) is 13.5. The maximum Gasteiger partial charge on any atom is 0.243 e. The second-order valence-electron chi connectivity index (χ2n) is 5.35. The Morgan fingerprint density at radius 1 is 1.15 bits per heavy atom. The number of piperazine rings is 1. The van der Waals surface area contributed by atoms with Crippen LogP contribution in [0.3, 0.4) is 0 Å². The first-order chi connectivity index (χ1) is 9.48. The van der Waals surface area contributed by atoms with Crippen LogP contribution in [0.1, 0.15) is 12.8 Å². The molecule has 1 saturated heterocycles. The molecule has 2 fully saturated rings. The van der Waals surface area contributed by atoms with Gasteiger partial charge in [-0.15, -0.1) is 0 Å². The number of halogens is 1. The lowest BCUT2D eigenvalue weighted by atomic mass is 10.3.